The zero-order chi connectivity index (χ0) is 18.1. The molecule has 0 aliphatic heterocycles. The molecule has 2 aromatic rings. The van der Waals surface area contributed by atoms with Gasteiger partial charge in [0.25, 0.3) is 0 Å². The lowest BCUT2D eigenvalue weighted by Crippen LogP contribution is -2.20. The van der Waals surface area contributed by atoms with E-state index in [1.165, 1.54) is 22.3 Å². The van der Waals surface area contributed by atoms with E-state index >= 15 is 0 Å². The maximum atomic E-state index is 12.3. The highest BCUT2D eigenvalue weighted by atomic mass is 16.1. The number of Topliss-reactive ketones (excluding diaryl/α,β-unsaturated/α-hetero) is 1. The van der Waals surface area contributed by atoms with Crippen molar-refractivity contribution in [2.45, 2.75) is 72.1 Å². The number of H-pyrrole nitrogens is 1. The van der Waals surface area contributed by atoms with Gasteiger partial charge in [-0.2, -0.15) is 0 Å². The Labute approximate surface area is 146 Å². The summed E-state index contributed by atoms with van der Waals surface area (Å²) in [6.07, 6.45) is 3.12. The fourth-order valence-electron chi connectivity index (χ4n) is 3.37. The van der Waals surface area contributed by atoms with Gasteiger partial charge in [0.1, 0.15) is 0 Å². The van der Waals surface area contributed by atoms with E-state index in [1.807, 2.05) is 12.1 Å². The number of benzene rings is 1. The molecule has 0 spiro atoms. The molecule has 0 saturated heterocycles. The van der Waals surface area contributed by atoms with Crippen molar-refractivity contribution in [2.75, 3.05) is 0 Å². The Kier molecular flexibility index (Phi) is 5.08. The topological polar surface area (TPSA) is 32.9 Å². The highest BCUT2D eigenvalue weighted by Gasteiger charge is 2.24. The van der Waals surface area contributed by atoms with Crippen LogP contribution in [-0.2, 0) is 17.3 Å². The molecule has 1 N–H and O–H groups in total. The number of nitrogens with one attached hydrogen (secondary N) is 1. The van der Waals surface area contributed by atoms with Gasteiger partial charge in [-0.1, -0.05) is 53.7 Å². The summed E-state index contributed by atoms with van der Waals surface area (Å²) >= 11 is 0. The third kappa shape index (κ3) is 4.17. The normalized spacial score (nSPS) is 12.5. The van der Waals surface area contributed by atoms with E-state index in [-0.39, 0.29) is 16.6 Å². The first-order valence-corrected chi connectivity index (χ1v) is 8.81. The molecule has 24 heavy (non-hydrogen) atoms. The highest BCUT2D eigenvalue weighted by molar-refractivity contribution is 5.94. The van der Waals surface area contributed by atoms with Crippen LogP contribution in [0, 0.1) is 6.92 Å². The Bertz CT molecular complexity index is 674. The molecule has 0 radical (unpaired) electrons. The largest absolute Gasteiger partial charge is 0.359 e. The van der Waals surface area contributed by atoms with Crippen LogP contribution >= 0.6 is 0 Å². The minimum absolute atomic E-state index is 0.101. The van der Waals surface area contributed by atoms with Crippen molar-refractivity contribution in [1.82, 2.24) is 4.98 Å². The standard InChI is InChI=1S/C22H31NO/c1-15-17(21(2,3)4)13-16(14-18(15)22(5,6)7)10-11-20(24)19-9-8-12-23-19/h8-9,12-14,23H,10-11H2,1-7H3. The highest BCUT2D eigenvalue weighted by Crippen LogP contribution is 2.35. The second-order valence-corrected chi connectivity index (χ2v) is 8.82. The Morgan fingerprint density at radius 2 is 1.54 bits per heavy atom. The van der Waals surface area contributed by atoms with Gasteiger partial charge >= 0.3 is 0 Å². The summed E-state index contributed by atoms with van der Waals surface area (Å²) < 4.78 is 0. The number of aromatic amines is 1. The second-order valence-electron chi connectivity index (χ2n) is 8.82. The van der Waals surface area contributed by atoms with E-state index in [4.69, 9.17) is 0 Å². The average molecular weight is 325 g/mol. The van der Waals surface area contributed by atoms with Crippen LogP contribution in [0.15, 0.2) is 30.5 Å². The Hall–Kier alpha value is -1.83. The molecule has 0 aliphatic carbocycles. The number of aryl methyl sites for hydroxylation is 1. The van der Waals surface area contributed by atoms with E-state index in [9.17, 15) is 4.79 Å². The number of aromatic nitrogens is 1. The fraction of sp³-hybridized carbons (Fsp3) is 0.500. The van der Waals surface area contributed by atoms with Gasteiger partial charge in [-0.15, -0.1) is 0 Å². The van der Waals surface area contributed by atoms with Gasteiger partial charge in [0.2, 0.25) is 0 Å². The molecule has 0 aliphatic rings. The SMILES string of the molecule is Cc1c(C(C)(C)C)cc(CCC(=O)c2ccc[nH]2)cc1C(C)(C)C. The Morgan fingerprint density at radius 3 is 1.96 bits per heavy atom. The van der Waals surface area contributed by atoms with Crippen LogP contribution in [0.1, 0.15) is 80.7 Å². The molecule has 0 unspecified atom stereocenters. The molecule has 0 saturated carbocycles. The molecule has 0 atom stereocenters. The first-order valence-electron chi connectivity index (χ1n) is 8.81. The van der Waals surface area contributed by atoms with E-state index in [0.717, 1.165) is 6.42 Å². The van der Waals surface area contributed by atoms with Crippen molar-refractivity contribution in [3.63, 3.8) is 0 Å². The van der Waals surface area contributed by atoms with Gasteiger partial charge in [-0.3, -0.25) is 4.79 Å². The second kappa shape index (κ2) is 6.58. The van der Waals surface area contributed by atoms with Gasteiger partial charge in [-0.05, 0) is 58.6 Å². The van der Waals surface area contributed by atoms with Crippen LogP contribution in [0.25, 0.3) is 0 Å². The van der Waals surface area contributed by atoms with E-state index < -0.39 is 0 Å². The zero-order valence-electron chi connectivity index (χ0n) is 16.2. The van der Waals surface area contributed by atoms with Crippen LogP contribution in [-0.4, -0.2) is 10.8 Å². The van der Waals surface area contributed by atoms with Gasteiger partial charge < -0.3 is 4.98 Å². The zero-order valence-corrected chi connectivity index (χ0v) is 16.2. The molecule has 1 aromatic heterocycles. The minimum Gasteiger partial charge on any atom is -0.359 e. The lowest BCUT2D eigenvalue weighted by Gasteiger charge is -2.30. The predicted molar refractivity (Wildman–Crippen MR) is 102 cm³/mol. The number of carbonyl (C=O) groups excluding carboxylic acids is 1. The van der Waals surface area contributed by atoms with Crippen LogP contribution in [0.3, 0.4) is 0 Å². The van der Waals surface area contributed by atoms with E-state index in [2.05, 4.69) is 65.6 Å². The number of ketones is 1. The molecule has 2 heteroatoms. The van der Waals surface area contributed by atoms with Crippen LogP contribution in [0.2, 0.25) is 0 Å². The third-order valence-electron chi connectivity index (χ3n) is 4.62. The van der Waals surface area contributed by atoms with Crippen molar-refractivity contribution in [3.05, 3.63) is 58.4 Å². The quantitative estimate of drug-likeness (QED) is 0.715. The lowest BCUT2D eigenvalue weighted by atomic mass is 9.75. The van der Waals surface area contributed by atoms with Crippen LogP contribution < -0.4 is 0 Å². The van der Waals surface area contributed by atoms with Crippen molar-refractivity contribution < 1.29 is 4.79 Å². The van der Waals surface area contributed by atoms with Gasteiger partial charge in [0, 0.05) is 12.6 Å². The molecular weight excluding hydrogens is 294 g/mol. The summed E-state index contributed by atoms with van der Waals surface area (Å²) in [4.78, 5) is 15.3. The molecule has 0 amide bonds. The maximum Gasteiger partial charge on any atom is 0.179 e. The average Bonchev–Trinajstić information content (AvgIpc) is 2.97. The van der Waals surface area contributed by atoms with Gasteiger partial charge in [0.05, 0.1) is 5.69 Å². The summed E-state index contributed by atoms with van der Waals surface area (Å²) in [6, 6.07) is 8.31. The smallest absolute Gasteiger partial charge is 0.179 e. The lowest BCUT2D eigenvalue weighted by molar-refractivity contribution is 0.0978. The molecule has 2 rings (SSSR count). The van der Waals surface area contributed by atoms with Gasteiger partial charge in [-0.25, -0.2) is 0 Å². The summed E-state index contributed by atoms with van der Waals surface area (Å²) in [7, 11) is 0. The number of carbonyl (C=O) groups is 1. The monoisotopic (exact) mass is 325 g/mol. The number of hydrogen-bond donors (Lipinski definition) is 1. The van der Waals surface area contributed by atoms with Crippen LogP contribution in [0.4, 0.5) is 0 Å². The number of rotatable bonds is 4. The van der Waals surface area contributed by atoms with Crippen molar-refractivity contribution in [2.24, 2.45) is 0 Å². The Balaban J connectivity index is 2.34. The first-order chi connectivity index (χ1) is 11.0. The summed E-state index contributed by atoms with van der Waals surface area (Å²) in [6.45, 7) is 15.8. The number of hydrogen-bond acceptors (Lipinski definition) is 1. The van der Waals surface area contributed by atoms with Crippen molar-refractivity contribution in [3.8, 4) is 0 Å². The van der Waals surface area contributed by atoms with Crippen molar-refractivity contribution >= 4 is 5.78 Å². The fourth-order valence-corrected chi connectivity index (χ4v) is 3.37. The summed E-state index contributed by atoms with van der Waals surface area (Å²) in [5.41, 5.74) is 6.32. The van der Waals surface area contributed by atoms with Crippen LogP contribution in [0.5, 0.6) is 0 Å². The summed E-state index contributed by atoms with van der Waals surface area (Å²) in [5, 5.41) is 0. The predicted octanol–water partition coefficient (Wildman–Crippen LogP) is 5.73. The first kappa shape index (κ1) is 18.5. The van der Waals surface area contributed by atoms with Gasteiger partial charge in [0.15, 0.2) is 5.78 Å². The molecule has 0 fully saturated rings. The molecule has 2 nitrogen and oxygen atoms in total. The summed E-state index contributed by atoms with van der Waals surface area (Å²) in [5.74, 6) is 0.176. The van der Waals surface area contributed by atoms with E-state index in [0.29, 0.717) is 12.1 Å². The Morgan fingerprint density at radius 1 is 1.00 bits per heavy atom. The molecular formula is C22H31NO. The van der Waals surface area contributed by atoms with Crippen molar-refractivity contribution in [1.29, 1.82) is 0 Å². The minimum atomic E-state index is 0.101. The molecule has 130 valence electrons. The maximum absolute atomic E-state index is 12.3. The third-order valence-corrected chi connectivity index (χ3v) is 4.62. The van der Waals surface area contributed by atoms with E-state index in [1.54, 1.807) is 6.20 Å². The molecule has 0 bridgehead atoms. The molecule has 1 heterocycles. The molecule has 1 aromatic carbocycles.